The summed E-state index contributed by atoms with van der Waals surface area (Å²) in [6.45, 7) is 0.108. The molecule has 1 N–H and O–H groups in total. The number of nitrogens with one attached hydrogen (secondary N) is 1. The van der Waals surface area contributed by atoms with Crippen LogP contribution in [-0.2, 0) is 22.6 Å². The average molecular weight is 414 g/mol. The average Bonchev–Trinajstić information content (AvgIpc) is 2.95. The van der Waals surface area contributed by atoms with Gasteiger partial charge in [0.2, 0.25) is 0 Å². The van der Waals surface area contributed by atoms with Crippen LogP contribution in [0.15, 0.2) is 83.9 Å². The van der Waals surface area contributed by atoms with Crippen LogP contribution in [0.25, 0.3) is 0 Å². The third-order valence-electron chi connectivity index (χ3n) is 5.04. The topological polar surface area (TPSA) is 77.0 Å². The number of fused-ring (bicyclic) bond motifs is 1. The molecule has 0 bridgehead atoms. The van der Waals surface area contributed by atoms with Gasteiger partial charge in [-0.2, -0.15) is 0 Å². The number of nitrogens with zero attached hydrogens (tertiary/aromatic N) is 1. The van der Waals surface area contributed by atoms with Crippen LogP contribution in [0.5, 0.6) is 5.75 Å². The highest BCUT2D eigenvalue weighted by Crippen LogP contribution is 2.28. The summed E-state index contributed by atoms with van der Waals surface area (Å²) in [5.74, 6) is 0.370. The zero-order chi connectivity index (χ0) is 21.6. The van der Waals surface area contributed by atoms with Crippen molar-refractivity contribution >= 4 is 17.6 Å². The molecule has 6 heteroatoms. The van der Waals surface area contributed by atoms with Crippen LogP contribution < -0.4 is 10.1 Å². The van der Waals surface area contributed by atoms with Crippen LogP contribution in [0.3, 0.4) is 0 Å². The van der Waals surface area contributed by atoms with E-state index in [-0.39, 0.29) is 18.8 Å². The number of alkyl carbamates (subject to hydrolysis) is 1. The quantitative estimate of drug-likeness (QED) is 0.687. The van der Waals surface area contributed by atoms with E-state index in [1.54, 1.807) is 7.11 Å². The summed E-state index contributed by atoms with van der Waals surface area (Å²) in [7, 11) is 1.57. The molecule has 0 saturated carbocycles. The van der Waals surface area contributed by atoms with Gasteiger partial charge >= 0.3 is 6.09 Å². The molecule has 156 valence electrons. The maximum atomic E-state index is 13.0. The summed E-state index contributed by atoms with van der Waals surface area (Å²) in [5, 5.41) is 2.61. The van der Waals surface area contributed by atoms with E-state index in [2.05, 4.69) is 10.3 Å². The molecular formula is C25H22N2O4. The molecule has 0 saturated heterocycles. The molecule has 0 aliphatic carbocycles. The molecule has 6 nitrogen and oxygen atoms in total. The van der Waals surface area contributed by atoms with Crippen LogP contribution in [0, 0.1) is 0 Å². The molecule has 1 amide bonds. The number of rotatable bonds is 5. The van der Waals surface area contributed by atoms with Crippen LogP contribution in [0.2, 0.25) is 0 Å². The number of carbonyl (C=O) groups excluding carboxylic acids is 2. The first-order chi connectivity index (χ1) is 15.2. The number of ether oxygens (including phenoxy) is 2. The number of benzene rings is 3. The maximum Gasteiger partial charge on any atom is 0.409 e. The van der Waals surface area contributed by atoms with E-state index in [9.17, 15) is 9.59 Å². The van der Waals surface area contributed by atoms with Gasteiger partial charge in [0.15, 0.2) is 11.9 Å². The first-order valence-electron chi connectivity index (χ1n) is 9.95. The second kappa shape index (κ2) is 9.26. The number of hydrogen-bond acceptors (Lipinski definition) is 5. The fourth-order valence-electron chi connectivity index (χ4n) is 3.52. The van der Waals surface area contributed by atoms with Crippen molar-refractivity contribution in [3.63, 3.8) is 0 Å². The molecule has 1 aliphatic rings. The van der Waals surface area contributed by atoms with E-state index < -0.39 is 12.3 Å². The van der Waals surface area contributed by atoms with Gasteiger partial charge < -0.3 is 9.47 Å². The highest BCUT2D eigenvalue weighted by atomic mass is 16.5. The van der Waals surface area contributed by atoms with Gasteiger partial charge in [-0.3, -0.25) is 15.1 Å². The standard InChI is InChI=1S/C25H22N2O4/c1-30-22-14-8-13-19-20(22)15-21(28)24(26-23(19)18-11-6-3-7-12-18)27-25(29)31-16-17-9-4-2-5-10-17/h2-14,24H,15-16H2,1H3,(H,27,29). The van der Waals surface area contributed by atoms with E-state index in [4.69, 9.17) is 9.47 Å². The van der Waals surface area contributed by atoms with Crippen molar-refractivity contribution in [3.05, 3.63) is 101 Å². The van der Waals surface area contributed by atoms with E-state index in [0.717, 1.165) is 22.3 Å². The Bertz CT molecular complexity index is 1110. The van der Waals surface area contributed by atoms with Gasteiger partial charge in [0.05, 0.1) is 12.8 Å². The Labute approximate surface area is 180 Å². The molecule has 0 spiro atoms. The number of ketones is 1. The number of carbonyl (C=O) groups is 2. The molecule has 1 aliphatic heterocycles. The minimum atomic E-state index is -1.06. The van der Waals surface area contributed by atoms with Crippen molar-refractivity contribution in [3.8, 4) is 5.75 Å². The lowest BCUT2D eigenvalue weighted by Crippen LogP contribution is -2.40. The van der Waals surface area contributed by atoms with Crippen molar-refractivity contribution < 1.29 is 19.1 Å². The number of hydrogen-bond donors (Lipinski definition) is 1. The first kappa shape index (κ1) is 20.3. The van der Waals surface area contributed by atoms with Crippen LogP contribution in [0.4, 0.5) is 4.79 Å². The second-order valence-corrected chi connectivity index (χ2v) is 7.08. The number of amides is 1. The van der Waals surface area contributed by atoms with E-state index in [0.29, 0.717) is 11.5 Å². The maximum absolute atomic E-state index is 13.0. The summed E-state index contributed by atoms with van der Waals surface area (Å²) in [6, 6.07) is 24.5. The lowest BCUT2D eigenvalue weighted by Gasteiger charge is -2.14. The molecule has 3 aromatic carbocycles. The lowest BCUT2D eigenvalue weighted by molar-refractivity contribution is -0.120. The Morgan fingerprint density at radius 1 is 1.00 bits per heavy atom. The Hall–Kier alpha value is -3.93. The van der Waals surface area contributed by atoms with Crippen molar-refractivity contribution in [2.24, 2.45) is 4.99 Å². The summed E-state index contributed by atoms with van der Waals surface area (Å²) < 4.78 is 10.8. The van der Waals surface area contributed by atoms with Gasteiger partial charge in [-0.15, -0.1) is 0 Å². The third-order valence-corrected chi connectivity index (χ3v) is 5.04. The smallest absolute Gasteiger partial charge is 0.409 e. The lowest BCUT2D eigenvalue weighted by atomic mass is 9.95. The van der Waals surface area contributed by atoms with Gasteiger partial charge in [0.25, 0.3) is 0 Å². The summed E-state index contributed by atoms with van der Waals surface area (Å²) >= 11 is 0. The minimum Gasteiger partial charge on any atom is -0.496 e. The minimum absolute atomic E-state index is 0.0861. The van der Waals surface area contributed by atoms with Gasteiger partial charge in [-0.25, -0.2) is 4.79 Å². The molecule has 0 radical (unpaired) electrons. The van der Waals surface area contributed by atoms with Gasteiger partial charge in [0, 0.05) is 23.1 Å². The highest BCUT2D eigenvalue weighted by Gasteiger charge is 2.29. The molecule has 1 unspecified atom stereocenters. The molecule has 3 aromatic rings. The van der Waals surface area contributed by atoms with Crippen LogP contribution in [0.1, 0.15) is 22.3 Å². The van der Waals surface area contributed by atoms with Gasteiger partial charge in [0.1, 0.15) is 12.4 Å². The van der Waals surface area contributed by atoms with Crippen molar-refractivity contribution in [1.82, 2.24) is 5.32 Å². The number of methoxy groups -OCH3 is 1. The predicted molar refractivity (Wildman–Crippen MR) is 117 cm³/mol. The van der Waals surface area contributed by atoms with E-state index in [1.165, 1.54) is 0 Å². The molecular weight excluding hydrogens is 392 g/mol. The SMILES string of the molecule is COc1cccc2c1CC(=O)C(NC(=O)OCc1ccccc1)N=C2c1ccccc1. The molecule has 4 rings (SSSR count). The zero-order valence-electron chi connectivity index (χ0n) is 17.1. The van der Waals surface area contributed by atoms with Crippen LogP contribution >= 0.6 is 0 Å². The van der Waals surface area contributed by atoms with Crippen molar-refractivity contribution in [2.45, 2.75) is 19.2 Å². The molecule has 1 atom stereocenters. The van der Waals surface area contributed by atoms with Crippen molar-refractivity contribution in [1.29, 1.82) is 0 Å². The Kier molecular flexibility index (Phi) is 6.08. The molecule has 0 fully saturated rings. The van der Waals surface area contributed by atoms with Gasteiger partial charge in [-0.1, -0.05) is 72.8 Å². The predicted octanol–water partition coefficient (Wildman–Crippen LogP) is 3.91. The fraction of sp³-hybridized carbons (Fsp3) is 0.160. The zero-order valence-corrected chi connectivity index (χ0v) is 17.1. The normalized spacial score (nSPS) is 15.3. The molecule has 1 heterocycles. The second-order valence-electron chi connectivity index (χ2n) is 7.08. The number of aliphatic imine (C=N–C) groups is 1. The van der Waals surface area contributed by atoms with Crippen LogP contribution in [-0.4, -0.2) is 30.9 Å². The Morgan fingerprint density at radius 3 is 2.42 bits per heavy atom. The third kappa shape index (κ3) is 4.64. The van der Waals surface area contributed by atoms with E-state index >= 15 is 0 Å². The van der Waals surface area contributed by atoms with Gasteiger partial charge in [-0.05, 0) is 11.6 Å². The first-order valence-corrected chi connectivity index (χ1v) is 9.95. The summed E-state index contributed by atoms with van der Waals surface area (Å²) in [6.07, 6.45) is -1.67. The summed E-state index contributed by atoms with van der Waals surface area (Å²) in [4.78, 5) is 30.0. The Morgan fingerprint density at radius 2 is 1.71 bits per heavy atom. The number of Topliss-reactive ketones (excluding diaryl/α,β-unsaturated/α-hetero) is 1. The highest BCUT2D eigenvalue weighted by molar-refractivity contribution is 6.16. The van der Waals surface area contributed by atoms with E-state index in [1.807, 2.05) is 78.9 Å². The Balaban J connectivity index is 1.63. The molecule has 31 heavy (non-hydrogen) atoms. The summed E-state index contributed by atoms with van der Waals surface area (Å²) in [5.41, 5.74) is 3.88. The monoisotopic (exact) mass is 414 g/mol. The van der Waals surface area contributed by atoms with Crippen molar-refractivity contribution in [2.75, 3.05) is 7.11 Å². The molecule has 0 aromatic heterocycles. The fourth-order valence-corrected chi connectivity index (χ4v) is 3.52. The largest absolute Gasteiger partial charge is 0.496 e.